The Hall–Kier alpha value is -0.763. The summed E-state index contributed by atoms with van der Waals surface area (Å²) < 4.78 is 0. The van der Waals surface area contributed by atoms with Gasteiger partial charge in [0.25, 0.3) is 0 Å². The number of hydrogen-bond donors (Lipinski definition) is 1. The van der Waals surface area contributed by atoms with Gasteiger partial charge in [0.15, 0.2) is 0 Å². The minimum Gasteiger partial charge on any atom is -0.385 e. The topological polar surface area (TPSA) is 12.0 Å². The average molecular weight is 193 g/mol. The van der Waals surface area contributed by atoms with Crippen molar-refractivity contribution in [1.29, 1.82) is 0 Å². The van der Waals surface area contributed by atoms with Gasteiger partial charge < -0.3 is 5.32 Å². The Balaban J connectivity index is 2.78. The van der Waals surface area contributed by atoms with Gasteiger partial charge in [0.1, 0.15) is 0 Å². The van der Waals surface area contributed by atoms with Crippen molar-refractivity contribution in [2.24, 2.45) is 0 Å². The molecule has 0 aromatic heterocycles. The number of anilines is 1. The lowest BCUT2D eigenvalue weighted by Crippen LogP contribution is -2.26. The lowest BCUT2D eigenvalue weighted by atomic mass is 10.3. The second kappa shape index (κ2) is 5.07. The van der Waals surface area contributed by atoms with Crippen molar-refractivity contribution < 1.29 is 0 Å². The second-order valence-electron chi connectivity index (χ2n) is 3.67. The van der Waals surface area contributed by atoms with Gasteiger partial charge in [-0.25, -0.2) is 0 Å². The first-order chi connectivity index (χ1) is 6.25. The Morgan fingerprint density at radius 1 is 1.23 bits per heavy atom. The van der Waals surface area contributed by atoms with Crippen molar-refractivity contribution >= 4 is 19.7 Å². The zero-order chi connectivity index (χ0) is 9.68. The molecule has 1 rings (SSSR count). The lowest BCUT2D eigenvalue weighted by molar-refractivity contribution is 0.981. The molecule has 0 fully saturated rings. The smallest absolute Gasteiger partial charge is 0.0674 e. The van der Waals surface area contributed by atoms with E-state index in [9.17, 15) is 0 Å². The van der Waals surface area contributed by atoms with Gasteiger partial charge in [0.2, 0.25) is 0 Å². The van der Waals surface area contributed by atoms with Gasteiger partial charge in [-0.15, -0.1) is 0 Å². The van der Waals surface area contributed by atoms with Crippen molar-refractivity contribution in [2.45, 2.75) is 26.4 Å². The van der Waals surface area contributed by atoms with E-state index < -0.39 is 8.80 Å². The highest BCUT2D eigenvalue weighted by atomic mass is 28.3. The van der Waals surface area contributed by atoms with Gasteiger partial charge in [-0.3, -0.25) is 0 Å². The molecule has 1 aromatic carbocycles. The van der Waals surface area contributed by atoms with Crippen LogP contribution in [0.3, 0.4) is 0 Å². The summed E-state index contributed by atoms with van der Waals surface area (Å²) in [7, 11) is -0.673. The standard InChI is InChI=1S/C11H19NSi/c1-4-9-12-10-7-5-6-8-11(10)13(2)3/h5-8,12-13H,4,9H2,1-3H3. The maximum Gasteiger partial charge on any atom is 0.0674 e. The Labute approximate surface area is 82.8 Å². The first kappa shape index (κ1) is 10.3. The molecule has 0 radical (unpaired) electrons. The zero-order valence-corrected chi connectivity index (χ0v) is 9.96. The van der Waals surface area contributed by atoms with Crippen molar-refractivity contribution in [3.8, 4) is 0 Å². The summed E-state index contributed by atoms with van der Waals surface area (Å²) in [5.41, 5.74) is 1.35. The number of rotatable bonds is 4. The van der Waals surface area contributed by atoms with Crippen LogP contribution in [0.5, 0.6) is 0 Å². The Bertz CT molecular complexity index is 258. The van der Waals surface area contributed by atoms with Crippen molar-refractivity contribution in [2.75, 3.05) is 11.9 Å². The highest BCUT2D eigenvalue weighted by Crippen LogP contribution is 2.04. The van der Waals surface area contributed by atoms with E-state index in [1.165, 1.54) is 12.1 Å². The molecule has 0 aliphatic heterocycles. The van der Waals surface area contributed by atoms with Gasteiger partial charge in [-0.05, 0) is 17.7 Å². The van der Waals surface area contributed by atoms with Crippen LogP contribution >= 0.6 is 0 Å². The summed E-state index contributed by atoms with van der Waals surface area (Å²) in [5.74, 6) is 0. The molecule has 1 N–H and O–H groups in total. The molecule has 0 amide bonds. The van der Waals surface area contributed by atoms with Crippen LogP contribution in [0.2, 0.25) is 13.1 Å². The fourth-order valence-corrected chi connectivity index (χ4v) is 2.74. The van der Waals surface area contributed by atoms with E-state index in [0.29, 0.717) is 0 Å². The fourth-order valence-electron chi connectivity index (χ4n) is 1.42. The van der Waals surface area contributed by atoms with Crippen LogP contribution in [0.25, 0.3) is 0 Å². The van der Waals surface area contributed by atoms with Gasteiger partial charge >= 0.3 is 0 Å². The second-order valence-corrected chi connectivity index (χ2v) is 6.60. The lowest BCUT2D eigenvalue weighted by Gasteiger charge is -2.12. The molecule has 1 aromatic rings. The van der Waals surface area contributed by atoms with E-state index in [4.69, 9.17) is 0 Å². The summed E-state index contributed by atoms with van der Waals surface area (Å²) in [6.07, 6.45) is 1.19. The number of benzene rings is 1. The van der Waals surface area contributed by atoms with Gasteiger partial charge in [0.05, 0.1) is 8.80 Å². The summed E-state index contributed by atoms with van der Waals surface area (Å²) in [5, 5.41) is 5.03. The summed E-state index contributed by atoms with van der Waals surface area (Å²) in [6.45, 7) is 8.01. The summed E-state index contributed by atoms with van der Waals surface area (Å²) in [4.78, 5) is 0. The highest BCUT2D eigenvalue weighted by Gasteiger charge is 2.04. The molecule has 2 heteroatoms. The molecule has 0 spiro atoms. The van der Waals surface area contributed by atoms with Crippen LogP contribution in [0.15, 0.2) is 24.3 Å². The molecule has 0 aliphatic carbocycles. The van der Waals surface area contributed by atoms with Crippen molar-refractivity contribution in [3.63, 3.8) is 0 Å². The molecular weight excluding hydrogens is 174 g/mol. The number of hydrogen-bond acceptors (Lipinski definition) is 1. The average Bonchev–Trinajstić information content (AvgIpc) is 2.15. The van der Waals surface area contributed by atoms with Crippen molar-refractivity contribution in [1.82, 2.24) is 0 Å². The first-order valence-electron chi connectivity index (χ1n) is 5.08. The van der Waals surface area contributed by atoms with E-state index in [0.717, 1.165) is 6.54 Å². The maximum atomic E-state index is 3.48. The monoisotopic (exact) mass is 193 g/mol. The Kier molecular flexibility index (Phi) is 4.03. The molecule has 0 aliphatic rings. The summed E-state index contributed by atoms with van der Waals surface area (Å²) in [6, 6.07) is 8.70. The minimum absolute atomic E-state index is 0.673. The van der Waals surface area contributed by atoms with Crippen LogP contribution in [0.4, 0.5) is 5.69 Å². The molecule has 0 bridgehead atoms. The van der Waals surface area contributed by atoms with E-state index in [-0.39, 0.29) is 0 Å². The van der Waals surface area contributed by atoms with Crippen LogP contribution in [-0.4, -0.2) is 15.3 Å². The van der Waals surface area contributed by atoms with E-state index in [1.807, 2.05) is 0 Å². The third kappa shape index (κ3) is 2.88. The fraction of sp³-hybridized carbons (Fsp3) is 0.455. The van der Waals surface area contributed by atoms with Gasteiger partial charge in [-0.2, -0.15) is 0 Å². The molecular formula is C11H19NSi. The quantitative estimate of drug-likeness (QED) is 0.723. The van der Waals surface area contributed by atoms with Crippen LogP contribution in [0.1, 0.15) is 13.3 Å². The first-order valence-corrected chi connectivity index (χ1v) is 7.97. The summed E-state index contributed by atoms with van der Waals surface area (Å²) >= 11 is 0. The van der Waals surface area contributed by atoms with Crippen LogP contribution in [-0.2, 0) is 0 Å². The Morgan fingerprint density at radius 2 is 1.92 bits per heavy atom. The predicted molar refractivity (Wildman–Crippen MR) is 63.7 cm³/mol. The molecule has 0 atom stereocenters. The normalized spacial score (nSPS) is 10.5. The molecule has 0 saturated heterocycles. The molecule has 72 valence electrons. The molecule has 0 saturated carbocycles. The van der Waals surface area contributed by atoms with Gasteiger partial charge in [0, 0.05) is 12.2 Å². The third-order valence-corrected chi connectivity index (χ3v) is 3.90. The maximum absolute atomic E-state index is 3.48. The number of nitrogens with one attached hydrogen (secondary N) is 1. The Morgan fingerprint density at radius 3 is 2.54 bits per heavy atom. The predicted octanol–water partition coefficient (Wildman–Crippen LogP) is 2.20. The minimum atomic E-state index is -0.673. The van der Waals surface area contributed by atoms with E-state index in [2.05, 4.69) is 49.6 Å². The zero-order valence-electron chi connectivity index (χ0n) is 8.80. The highest BCUT2D eigenvalue weighted by molar-refractivity contribution is 6.72. The number of para-hydroxylation sites is 1. The largest absolute Gasteiger partial charge is 0.385 e. The van der Waals surface area contributed by atoms with Crippen molar-refractivity contribution in [3.05, 3.63) is 24.3 Å². The molecule has 0 unspecified atom stereocenters. The molecule has 1 nitrogen and oxygen atoms in total. The van der Waals surface area contributed by atoms with Gasteiger partial charge in [-0.1, -0.05) is 38.2 Å². The van der Waals surface area contributed by atoms with Crippen LogP contribution < -0.4 is 10.5 Å². The molecule has 0 heterocycles. The van der Waals surface area contributed by atoms with Crippen LogP contribution in [0, 0.1) is 0 Å². The van der Waals surface area contributed by atoms with E-state index in [1.54, 1.807) is 5.19 Å². The molecule has 13 heavy (non-hydrogen) atoms. The van der Waals surface area contributed by atoms with E-state index >= 15 is 0 Å². The third-order valence-electron chi connectivity index (χ3n) is 2.15. The SMILES string of the molecule is CCCNc1ccccc1[SiH](C)C.